The fourth-order valence-electron chi connectivity index (χ4n) is 1.60. The average Bonchev–Trinajstić information content (AvgIpc) is 2.65. The molecule has 1 fully saturated rings. The molecule has 1 aromatic heterocycles. The molecule has 1 aromatic rings. The van der Waals surface area contributed by atoms with Gasteiger partial charge >= 0.3 is 0 Å². The highest BCUT2D eigenvalue weighted by atomic mass is 79.9. The first-order valence-electron chi connectivity index (χ1n) is 4.01. The van der Waals surface area contributed by atoms with Crippen LogP contribution in [-0.2, 0) is 0 Å². The molecule has 0 aromatic carbocycles. The molecular formula is C7H7BrN4S. The van der Waals surface area contributed by atoms with Gasteiger partial charge in [0, 0.05) is 12.3 Å². The van der Waals surface area contributed by atoms with Gasteiger partial charge in [-0.15, -0.1) is 11.8 Å². The first-order valence-corrected chi connectivity index (χ1v) is 5.86. The van der Waals surface area contributed by atoms with Crippen LogP contribution < -0.4 is 0 Å². The Balaban J connectivity index is 2.12. The molecule has 68 valence electrons. The number of hydrogen-bond donors (Lipinski definition) is 1. The summed E-state index contributed by atoms with van der Waals surface area (Å²) in [6, 6.07) is 0. The van der Waals surface area contributed by atoms with Gasteiger partial charge in [0.15, 0.2) is 10.6 Å². The second-order valence-corrected chi connectivity index (χ2v) is 4.91. The lowest BCUT2D eigenvalue weighted by molar-refractivity contribution is 0.452. The Bertz CT molecular complexity index is 375. The summed E-state index contributed by atoms with van der Waals surface area (Å²) in [6.45, 7) is 1.08. The predicted molar refractivity (Wildman–Crippen MR) is 56.3 cm³/mol. The molecule has 0 radical (unpaired) electrons. The highest BCUT2D eigenvalue weighted by Gasteiger charge is 2.31. The molecule has 0 amide bonds. The summed E-state index contributed by atoms with van der Waals surface area (Å²) < 4.78 is 0.768. The lowest BCUT2D eigenvalue weighted by atomic mass is 10.3. The molecule has 1 saturated heterocycles. The van der Waals surface area contributed by atoms with Crippen LogP contribution in [0.15, 0.2) is 9.73 Å². The summed E-state index contributed by atoms with van der Waals surface area (Å²) in [5.74, 6) is 1.98. The van der Waals surface area contributed by atoms with Gasteiger partial charge in [-0.1, -0.05) is 0 Å². The van der Waals surface area contributed by atoms with Gasteiger partial charge < -0.3 is 9.88 Å². The van der Waals surface area contributed by atoms with Gasteiger partial charge in [0.25, 0.3) is 0 Å². The number of nitrogens with one attached hydrogen (secondary N) is 1. The van der Waals surface area contributed by atoms with Crippen molar-refractivity contribution in [2.45, 2.75) is 5.37 Å². The molecular weight excluding hydrogens is 252 g/mol. The fraction of sp³-hybridized carbons (Fsp3) is 0.429. The maximum absolute atomic E-state index is 4.27. The van der Waals surface area contributed by atoms with Gasteiger partial charge in [0.2, 0.25) is 0 Å². The molecule has 13 heavy (non-hydrogen) atoms. The SMILES string of the molecule is Brc1nc2c([nH]1)[C@H]1SCCN1C=N2. The lowest BCUT2D eigenvalue weighted by Crippen LogP contribution is -2.23. The van der Waals surface area contributed by atoms with E-state index in [-0.39, 0.29) is 0 Å². The Labute approximate surface area is 88.0 Å². The molecule has 0 unspecified atom stereocenters. The highest BCUT2D eigenvalue weighted by molar-refractivity contribution is 9.10. The summed E-state index contributed by atoms with van der Waals surface area (Å²) in [4.78, 5) is 13.9. The smallest absolute Gasteiger partial charge is 0.178 e. The van der Waals surface area contributed by atoms with Gasteiger partial charge in [0.05, 0.1) is 12.0 Å². The quantitative estimate of drug-likeness (QED) is 0.773. The largest absolute Gasteiger partial charge is 0.344 e. The van der Waals surface area contributed by atoms with Crippen molar-refractivity contribution in [1.29, 1.82) is 0 Å². The van der Waals surface area contributed by atoms with E-state index in [1.807, 2.05) is 18.1 Å². The number of imidazole rings is 1. The molecule has 2 aliphatic rings. The van der Waals surface area contributed by atoms with Crippen molar-refractivity contribution in [2.24, 2.45) is 4.99 Å². The molecule has 3 heterocycles. The van der Waals surface area contributed by atoms with Crippen molar-refractivity contribution in [2.75, 3.05) is 12.3 Å². The Morgan fingerprint density at radius 2 is 2.62 bits per heavy atom. The van der Waals surface area contributed by atoms with E-state index in [2.05, 4.69) is 35.8 Å². The van der Waals surface area contributed by atoms with E-state index >= 15 is 0 Å². The minimum Gasteiger partial charge on any atom is -0.344 e. The highest BCUT2D eigenvalue weighted by Crippen LogP contribution is 2.42. The van der Waals surface area contributed by atoms with Gasteiger partial charge in [0.1, 0.15) is 5.37 Å². The van der Waals surface area contributed by atoms with Crippen LogP contribution in [-0.4, -0.2) is 33.5 Å². The van der Waals surface area contributed by atoms with Crippen LogP contribution in [0.2, 0.25) is 0 Å². The molecule has 1 N–H and O–H groups in total. The van der Waals surface area contributed by atoms with Crippen LogP contribution in [0, 0.1) is 0 Å². The van der Waals surface area contributed by atoms with Crippen LogP contribution in [0.25, 0.3) is 0 Å². The zero-order valence-corrected chi connectivity index (χ0v) is 9.10. The van der Waals surface area contributed by atoms with E-state index in [9.17, 15) is 0 Å². The predicted octanol–water partition coefficient (Wildman–Crippen LogP) is 1.89. The molecule has 4 nitrogen and oxygen atoms in total. The molecule has 0 aliphatic carbocycles. The van der Waals surface area contributed by atoms with Crippen LogP contribution in [0.3, 0.4) is 0 Å². The molecule has 0 saturated carbocycles. The number of aliphatic imine (C=N–C) groups is 1. The van der Waals surface area contributed by atoms with Crippen LogP contribution >= 0.6 is 27.7 Å². The number of halogens is 1. The van der Waals surface area contributed by atoms with Crippen LogP contribution in [0.1, 0.15) is 11.1 Å². The standard InChI is InChI=1S/C7H7BrN4S/c8-7-10-4-5(11-7)9-3-12-1-2-13-6(4)12/h3,6H,1-2H2,(H,10,11)/t6-/m1/s1. The Hall–Kier alpha value is -0.490. The number of nitrogens with zero attached hydrogens (tertiary/aromatic N) is 3. The first-order chi connectivity index (χ1) is 6.34. The normalized spacial score (nSPS) is 24.7. The minimum absolute atomic E-state index is 0.395. The molecule has 0 spiro atoms. The van der Waals surface area contributed by atoms with Gasteiger partial charge in [-0.3, -0.25) is 0 Å². The topological polar surface area (TPSA) is 44.3 Å². The Morgan fingerprint density at radius 3 is 3.54 bits per heavy atom. The van der Waals surface area contributed by atoms with Crippen molar-refractivity contribution >= 4 is 39.8 Å². The zero-order valence-electron chi connectivity index (χ0n) is 6.70. The third-order valence-electron chi connectivity index (χ3n) is 2.18. The van der Waals surface area contributed by atoms with E-state index in [1.54, 1.807) is 0 Å². The van der Waals surface area contributed by atoms with Gasteiger partial charge in [-0.25, -0.2) is 9.98 Å². The maximum Gasteiger partial charge on any atom is 0.178 e. The van der Waals surface area contributed by atoms with Crippen molar-refractivity contribution in [3.63, 3.8) is 0 Å². The molecule has 1 atom stereocenters. The molecule has 2 aliphatic heterocycles. The first kappa shape index (κ1) is 7.87. The number of aromatic nitrogens is 2. The maximum atomic E-state index is 4.27. The number of aromatic amines is 1. The summed E-state index contributed by atoms with van der Waals surface area (Å²) in [5, 5.41) is 0.395. The van der Waals surface area contributed by atoms with Crippen LogP contribution in [0.5, 0.6) is 0 Å². The van der Waals surface area contributed by atoms with E-state index in [4.69, 9.17) is 0 Å². The van der Waals surface area contributed by atoms with Crippen molar-refractivity contribution in [1.82, 2.24) is 14.9 Å². The number of hydrogen-bond acceptors (Lipinski definition) is 4. The van der Waals surface area contributed by atoms with Crippen molar-refractivity contribution < 1.29 is 0 Å². The summed E-state index contributed by atoms with van der Waals surface area (Å²) in [6.07, 6.45) is 1.89. The van der Waals surface area contributed by atoms with E-state index in [0.717, 1.165) is 28.5 Å². The van der Waals surface area contributed by atoms with Crippen LogP contribution in [0.4, 0.5) is 5.82 Å². The number of rotatable bonds is 0. The Kier molecular flexibility index (Phi) is 1.66. The minimum atomic E-state index is 0.395. The summed E-state index contributed by atoms with van der Waals surface area (Å²) in [5.41, 5.74) is 1.12. The van der Waals surface area contributed by atoms with Gasteiger partial charge in [-0.2, -0.15) is 0 Å². The number of H-pyrrole nitrogens is 1. The van der Waals surface area contributed by atoms with Crippen molar-refractivity contribution in [3.05, 3.63) is 10.4 Å². The van der Waals surface area contributed by atoms with E-state index in [1.165, 1.54) is 0 Å². The van der Waals surface area contributed by atoms with E-state index < -0.39 is 0 Å². The zero-order chi connectivity index (χ0) is 8.84. The summed E-state index contributed by atoms with van der Waals surface area (Å²) >= 11 is 5.25. The number of thioether (sulfide) groups is 1. The fourth-order valence-corrected chi connectivity index (χ4v) is 3.20. The summed E-state index contributed by atoms with van der Waals surface area (Å²) in [7, 11) is 0. The number of fused-ring (bicyclic) bond motifs is 3. The monoisotopic (exact) mass is 258 g/mol. The lowest BCUT2D eigenvalue weighted by Gasteiger charge is -2.22. The molecule has 0 bridgehead atoms. The third kappa shape index (κ3) is 1.12. The third-order valence-corrected chi connectivity index (χ3v) is 3.80. The second-order valence-electron chi connectivity index (χ2n) is 2.97. The molecule has 3 rings (SSSR count). The van der Waals surface area contributed by atoms with Gasteiger partial charge in [-0.05, 0) is 15.9 Å². The van der Waals surface area contributed by atoms with E-state index in [0.29, 0.717) is 5.37 Å². The average molecular weight is 259 g/mol. The Morgan fingerprint density at radius 1 is 1.69 bits per heavy atom. The van der Waals surface area contributed by atoms with Crippen molar-refractivity contribution in [3.8, 4) is 0 Å². The molecule has 6 heteroatoms. The second kappa shape index (κ2) is 2.75.